The number of piperazine rings is 1. The van der Waals surface area contributed by atoms with Crippen molar-refractivity contribution in [3.63, 3.8) is 0 Å². The van der Waals surface area contributed by atoms with Crippen LogP contribution in [0.2, 0.25) is 0 Å². The van der Waals surface area contributed by atoms with Gasteiger partial charge in [0, 0.05) is 37.8 Å². The fourth-order valence-corrected chi connectivity index (χ4v) is 5.78. The van der Waals surface area contributed by atoms with Gasteiger partial charge in [-0.2, -0.15) is 0 Å². The summed E-state index contributed by atoms with van der Waals surface area (Å²) < 4.78 is 30.8. The molecular formula is C18H24N4O3S2. The molecule has 2 aromatic rings. The van der Waals surface area contributed by atoms with Crippen molar-refractivity contribution in [3.05, 3.63) is 34.7 Å². The summed E-state index contributed by atoms with van der Waals surface area (Å²) >= 11 is 5.35. The maximum absolute atomic E-state index is 11.7. The lowest BCUT2D eigenvalue weighted by atomic mass is 10.1. The molecule has 0 amide bonds. The van der Waals surface area contributed by atoms with Crippen molar-refractivity contribution >= 4 is 22.1 Å². The van der Waals surface area contributed by atoms with E-state index in [2.05, 4.69) is 14.9 Å². The number of aryl methyl sites for hydroxylation is 1. The molecule has 7 nitrogen and oxygen atoms in total. The van der Waals surface area contributed by atoms with Gasteiger partial charge in [0.05, 0.1) is 18.2 Å². The Morgan fingerprint density at radius 3 is 2.63 bits per heavy atom. The van der Waals surface area contributed by atoms with E-state index in [1.807, 2.05) is 31.2 Å². The zero-order valence-corrected chi connectivity index (χ0v) is 17.0. The van der Waals surface area contributed by atoms with Crippen LogP contribution < -0.4 is 0 Å². The number of aromatic nitrogens is 2. The highest BCUT2D eigenvalue weighted by Crippen LogP contribution is 2.22. The molecule has 4 rings (SSSR count). The molecule has 1 aromatic heterocycles. The van der Waals surface area contributed by atoms with Crippen molar-refractivity contribution in [3.8, 4) is 11.5 Å². The summed E-state index contributed by atoms with van der Waals surface area (Å²) in [5, 5.41) is 4.56. The molecule has 0 spiro atoms. The van der Waals surface area contributed by atoms with Crippen molar-refractivity contribution in [2.75, 3.05) is 37.7 Å². The number of nitrogens with zero attached hydrogens (tertiary/aromatic N) is 4. The van der Waals surface area contributed by atoms with Crippen molar-refractivity contribution in [2.45, 2.75) is 26.1 Å². The minimum absolute atomic E-state index is 0.180. The van der Waals surface area contributed by atoms with Gasteiger partial charge < -0.3 is 4.42 Å². The Kier molecular flexibility index (Phi) is 5.19. The van der Waals surface area contributed by atoms with Crippen LogP contribution in [0.3, 0.4) is 0 Å². The number of hydrogen-bond donors (Lipinski definition) is 0. The van der Waals surface area contributed by atoms with Gasteiger partial charge in [0.15, 0.2) is 9.84 Å². The predicted molar refractivity (Wildman–Crippen MR) is 106 cm³/mol. The van der Waals surface area contributed by atoms with E-state index in [-0.39, 0.29) is 6.04 Å². The van der Waals surface area contributed by atoms with Crippen LogP contribution in [0.1, 0.15) is 12.0 Å². The SMILES string of the molecule is Cc1ccccc1-c1nn(CN2CCN(C3CCS(=O)(=O)C3)CC2)c(=S)o1. The molecule has 27 heavy (non-hydrogen) atoms. The minimum Gasteiger partial charge on any atom is -0.409 e. The van der Waals surface area contributed by atoms with Gasteiger partial charge in [0.25, 0.3) is 4.84 Å². The first-order chi connectivity index (χ1) is 12.9. The number of benzene rings is 1. The maximum Gasteiger partial charge on any atom is 0.288 e. The summed E-state index contributed by atoms with van der Waals surface area (Å²) in [5.74, 6) is 1.18. The number of hydrogen-bond acceptors (Lipinski definition) is 7. The molecule has 2 aliphatic rings. The van der Waals surface area contributed by atoms with Gasteiger partial charge in [-0.05, 0) is 37.2 Å². The van der Waals surface area contributed by atoms with Crippen LogP contribution in [0.25, 0.3) is 11.5 Å². The van der Waals surface area contributed by atoms with Gasteiger partial charge in [-0.25, -0.2) is 13.1 Å². The van der Waals surface area contributed by atoms with Crippen molar-refractivity contribution < 1.29 is 12.8 Å². The highest BCUT2D eigenvalue weighted by Gasteiger charge is 2.33. The van der Waals surface area contributed by atoms with Crippen LogP contribution in [0.4, 0.5) is 0 Å². The lowest BCUT2D eigenvalue weighted by Crippen LogP contribution is -2.50. The van der Waals surface area contributed by atoms with Crippen LogP contribution in [0, 0.1) is 11.8 Å². The van der Waals surface area contributed by atoms with Crippen molar-refractivity contribution in [1.29, 1.82) is 0 Å². The van der Waals surface area contributed by atoms with Gasteiger partial charge in [0.2, 0.25) is 5.89 Å². The smallest absolute Gasteiger partial charge is 0.288 e. The summed E-state index contributed by atoms with van der Waals surface area (Å²) in [4.78, 5) is 4.96. The quantitative estimate of drug-likeness (QED) is 0.716. The third-order valence-electron chi connectivity index (χ3n) is 5.45. The standard InChI is InChI=1S/C18H24N4O3S2/c1-14-4-2-3-5-16(14)17-19-22(18(26)25-17)13-20-7-9-21(10-8-20)15-6-11-27(23,24)12-15/h2-5,15H,6-13H2,1H3. The van der Waals surface area contributed by atoms with Crippen LogP contribution >= 0.6 is 12.2 Å². The van der Waals surface area contributed by atoms with E-state index in [0.717, 1.165) is 43.7 Å². The normalized spacial score (nSPS) is 23.7. The Morgan fingerprint density at radius 2 is 1.96 bits per heavy atom. The van der Waals surface area contributed by atoms with Crippen molar-refractivity contribution in [1.82, 2.24) is 19.6 Å². The van der Waals surface area contributed by atoms with Gasteiger partial charge in [-0.1, -0.05) is 18.2 Å². The Labute approximate surface area is 164 Å². The third-order valence-corrected chi connectivity index (χ3v) is 7.49. The molecule has 2 aliphatic heterocycles. The second-order valence-corrected chi connectivity index (χ2v) is 9.92. The summed E-state index contributed by atoms with van der Waals surface area (Å²) in [5.41, 5.74) is 2.05. The van der Waals surface area contributed by atoms with Gasteiger partial charge in [0.1, 0.15) is 0 Å². The zero-order valence-electron chi connectivity index (χ0n) is 15.4. The second-order valence-electron chi connectivity index (χ2n) is 7.34. The van der Waals surface area contributed by atoms with E-state index >= 15 is 0 Å². The van der Waals surface area contributed by atoms with E-state index in [0.29, 0.717) is 28.9 Å². The molecule has 1 atom stereocenters. The Hall–Kier alpha value is -1.55. The van der Waals surface area contributed by atoms with Crippen molar-refractivity contribution in [2.24, 2.45) is 0 Å². The largest absolute Gasteiger partial charge is 0.409 e. The fraction of sp³-hybridized carbons (Fsp3) is 0.556. The molecule has 0 bridgehead atoms. The fourth-order valence-electron chi connectivity index (χ4n) is 3.84. The maximum atomic E-state index is 11.7. The molecule has 0 N–H and O–H groups in total. The number of sulfone groups is 1. The molecule has 2 saturated heterocycles. The topological polar surface area (TPSA) is 71.6 Å². The van der Waals surface area contributed by atoms with Gasteiger partial charge in [-0.15, -0.1) is 5.10 Å². The van der Waals surface area contributed by atoms with Gasteiger partial charge in [-0.3, -0.25) is 9.80 Å². The molecule has 2 fully saturated rings. The molecule has 0 saturated carbocycles. The molecule has 0 aliphatic carbocycles. The van der Waals surface area contributed by atoms with Crippen LogP contribution in [0.15, 0.2) is 28.7 Å². The molecule has 9 heteroatoms. The highest BCUT2D eigenvalue weighted by atomic mass is 32.2. The Bertz CT molecular complexity index is 974. The summed E-state index contributed by atoms with van der Waals surface area (Å²) in [7, 11) is -2.84. The molecule has 1 aromatic carbocycles. The first-order valence-electron chi connectivity index (χ1n) is 9.22. The Morgan fingerprint density at radius 1 is 1.22 bits per heavy atom. The van der Waals surface area contributed by atoms with E-state index < -0.39 is 9.84 Å². The van der Waals surface area contributed by atoms with E-state index in [4.69, 9.17) is 16.6 Å². The first-order valence-corrected chi connectivity index (χ1v) is 11.4. The third kappa shape index (κ3) is 4.16. The van der Waals surface area contributed by atoms with Crippen LogP contribution in [-0.4, -0.2) is 71.7 Å². The highest BCUT2D eigenvalue weighted by molar-refractivity contribution is 7.91. The van der Waals surface area contributed by atoms with Crippen LogP contribution in [0.5, 0.6) is 0 Å². The lowest BCUT2D eigenvalue weighted by molar-refractivity contribution is 0.0803. The minimum atomic E-state index is -2.84. The average Bonchev–Trinajstić information content (AvgIpc) is 3.18. The molecule has 146 valence electrons. The Balaban J connectivity index is 1.39. The van der Waals surface area contributed by atoms with E-state index in [1.165, 1.54) is 0 Å². The van der Waals surface area contributed by atoms with Gasteiger partial charge >= 0.3 is 0 Å². The summed E-state index contributed by atoms with van der Waals surface area (Å²) in [6.45, 7) is 6.09. The van der Waals surface area contributed by atoms with Crippen LogP contribution in [-0.2, 0) is 16.5 Å². The molecule has 3 heterocycles. The first kappa shape index (κ1) is 18.8. The monoisotopic (exact) mass is 408 g/mol. The molecular weight excluding hydrogens is 384 g/mol. The molecule has 0 radical (unpaired) electrons. The van der Waals surface area contributed by atoms with E-state index in [9.17, 15) is 8.42 Å². The molecule has 1 unspecified atom stereocenters. The van der Waals surface area contributed by atoms with E-state index in [1.54, 1.807) is 4.68 Å². The second kappa shape index (κ2) is 7.46. The lowest BCUT2D eigenvalue weighted by Gasteiger charge is -2.37. The number of rotatable bonds is 4. The summed E-state index contributed by atoms with van der Waals surface area (Å²) in [6.07, 6.45) is 0.760. The average molecular weight is 409 g/mol. The zero-order chi connectivity index (χ0) is 19.0. The predicted octanol–water partition coefficient (Wildman–Crippen LogP) is 1.94. The summed E-state index contributed by atoms with van der Waals surface area (Å²) in [6, 6.07) is 8.13.